The molecule has 1 saturated heterocycles. The highest BCUT2D eigenvalue weighted by molar-refractivity contribution is 7.09. The molecular weight excluding hydrogens is 827 g/mol. The largest absolute Gasteiger partial charge is 0.388 e. The number of benzene rings is 2. The van der Waals surface area contributed by atoms with Gasteiger partial charge in [-0.2, -0.15) is 0 Å². The van der Waals surface area contributed by atoms with Crippen LogP contribution in [-0.4, -0.2) is 128 Å². The summed E-state index contributed by atoms with van der Waals surface area (Å²) < 4.78 is 12.2. The number of carbonyl (C=O) groups is 4. The molecule has 0 saturated carbocycles. The predicted molar refractivity (Wildman–Crippen MR) is 257 cm³/mol. The molecule has 1 aromatic heterocycles. The minimum absolute atomic E-state index is 0.00127. The second-order valence-corrected chi connectivity index (χ2v) is 19.2. The normalized spacial score (nSPS) is 17.9. The van der Waals surface area contributed by atoms with Crippen LogP contribution in [-0.2, 0) is 41.5 Å². The zero-order valence-corrected chi connectivity index (χ0v) is 41.3. The first kappa shape index (κ1) is 52.3. The van der Waals surface area contributed by atoms with Gasteiger partial charge in [-0.3, -0.25) is 24.1 Å². The van der Waals surface area contributed by atoms with Crippen LogP contribution in [0.3, 0.4) is 0 Å². The van der Waals surface area contributed by atoms with Gasteiger partial charge in [-0.05, 0) is 73.7 Å². The summed E-state index contributed by atoms with van der Waals surface area (Å²) in [5.41, 5.74) is 3.32. The summed E-state index contributed by atoms with van der Waals surface area (Å²) in [6.45, 7) is 15.1. The molecule has 3 N–H and O–H groups in total. The zero-order valence-electron chi connectivity index (χ0n) is 40.5. The van der Waals surface area contributed by atoms with Gasteiger partial charge in [0.1, 0.15) is 11.0 Å². The fourth-order valence-corrected chi connectivity index (χ4v) is 10.0. The molecule has 14 heteroatoms. The lowest BCUT2D eigenvalue weighted by Gasteiger charge is -2.41. The van der Waals surface area contributed by atoms with Crippen molar-refractivity contribution in [1.29, 1.82) is 0 Å². The van der Waals surface area contributed by atoms with Gasteiger partial charge < -0.3 is 35.2 Å². The van der Waals surface area contributed by atoms with Crippen molar-refractivity contribution in [3.63, 3.8) is 0 Å². The molecular formula is C50H77N7O6S. The number of anilines is 1. The number of carbonyl (C=O) groups excluding carboxylic acids is 4. The molecule has 354 valence electrons. The van der Waals surface area contributed by atoms with Crippen LogP contribution in [0.2, 0.25) is 0 Å². The maximum absolute atomic E-state index is 14.6. The standard InChI is InChI=1S/C50H77N7O6S/c1-13-34(6)45(56(10)50(61)43(32(2)3)54-48(60)44(33(4)5)55(9)28-25-36-21-23-38(51-8)24-22-36)41(62-11)31-42(58)57-27-17-20-40(57)46(63-12)35(7)47(59)53-39(49-52-26-29-64-49)30-37-18-15-14-16-19-37/h14-16,18-19,21-24,26,29,32-35,39-41,43-46,51H,13,17,20,25,27-28,30-31H2,1-12H3,(H,53,59)(H,54,60)/t34-,35+,39-,40?,41+,43?,44?,45-,46+/m0/s1. The van der Waals surface area contributed by atoms with Crippen molar-refractivity contribution in [3.8, 4) is 0 Å². The molecule has 0 aliphatic carbocycles. The molecule has 3 aromatic rings. The van der Waals surface area contributed by atoms with Gasteiger partial charge in [0, 0.05) is 58.7 Å². The van der Waals surface area contributed by atoms with Gasteiger partial charge in [0.05, 0.1) is 48.7 Å². The predicted octanol–water partition coefficient (Wildman–Crippen LogP) is 6.85. The number of ether oxygens (including phenoxy) is 2. The third-order valence-corrected chi connectivity index (χ3v) is 14.1. The van der Waals surface area contributed by atoms with E-state index in [2.05, 4.69) is 51.8 Å². The smallest absolute Gasteiger partial charge is 0.245 e. The first-order valence-corrected chi connectivity index (χ1v) is 24.1. The van der Waals surface area contributed by atoms with Crippen LogP contribution >= 0.6 is 11.3 Å². The molecule has 1 aliphatic heterocycles. The lowest BCUT2D eigenvalue weighted by Crippen LogP contribution is -2.60. The molecule has 0 bridgehead atoms. The van der Waals surface area contributed by atoms with Crippen molar-refractivity contribution >= 4 is 40.7 Å². The van der Waals surface area contributed by atoms with E-state index in [1.54, 1.807) is 32.4 Å². The van der Waals surface area contributed by atoms with E-state index in [0.29, 0.717) is 25.9 Å². The van der Waals surface area contributed by atoms with Crippen LogP contribution in [0.4, 0.5) is 5.69 Å². The number of hydrogen-bond acceptors (Lipinski definition) is 10. The van der Waals surface area contributed by atoms with Gasteiger partial charge in [-0.25, -0.2) is 4.98 Å². The van der Waals surface area contributed by atoms with Crippen molar-refractivity contribution in [3.05, 3.63) is 82.3 Å². The van der Waals surface area contributed by atoms with Gasteiger partial charge in [0.25, 0.3) is 0 Å². The summed E-state index contributed by atoms with van der Waals surface area (Å²) in [5.74, 6) is -1.48. The first-order chi connectivity index (χ1) is 30.6. The highest BCUT2D eigenvalue weighted by atomic mass is 32.1. The molecule has 0 spiro atoms. The molecule has 2 heterocycles. The molecule has 4 rings (SSSR count). The Hall–Kier alpha value is -4.37. The van der Waals surface area contributed by atoms with Gasteiger partial charge in [-0.1, -0.05) is 97.4 Å². The Kier molecular flexibility index (Phi) is 20.7. The fourth-order valence-electron chi connectivity index (χ4n) is 9.33. The molecule has 3 unspecified atom stereocenters. The van der Waals surface area contributed by atoms with Crippen molar-refractivity contribution in [1.82, 2.24) is 30.3 Å². The number of methoxy groups -OCH3 is 2. The van der Waals surface area contributed by atoms with Crippen molar-refractivity contribution in [2.75, 3.05) is 53.8 Å². The van der Waals surface area contributed by atoms with E-state index in [4.69, 9.17) is 9.47 Å². The number of thiazole rings is 1. The average molecular weight is 904 g/mol. The quantitative estimate of drug-likeness (QED) is 0.0833. The van der Waals surface area contributed by atoms with E-state index in [1.807, 2.05) is 101 Å². The van der Waals surface area contributed by atoms with Gasteiger partial charge >= 0.3 is 0 Å². The Morgan fingerprint density at radius 2 is 1.58 bits per heavy atom. The summed E-state index contributed by atoms with van der Waals surface area (Å²) in [4.78, 5) is 67.4. The minimum atomic E-state index is -0.790. The Labute approximate surface area is 387 Å². The van der Waals surface area contributed by atoms with Gasteiger partial charge in [0.2, 0.25) is 23.6 Å². The molecule has 2 aromatic carbocycles. The van der Waals surface area contributed by atoms with Crippen molar-refractivity contribution < 1.29 is 28.7 Å². The second kappa shape index (κ2) is 25.4. The van der Waals surface area contributed by atoms with Crippen molar-refractivity contribution in [2.45, 2.75) is 129 Å². The van der Waals surface area contributed by atoms with E-state index >= 15 is 0 Å². The van der Waals surface area contributed by atoms with Crippen LogP contribution in [0, 0.1) is 23.7 Å². The lowest BCUT2D eigenvalue weighted by molar-refractivity contribution is -0.148. The van der Waals surface area contributed by atoms with Crippen LogP contribution in [0.1, 0.15) is 96.3 Å². The monoisotopic (exact) mass is 904 g/mol. The highest BCUT2D eigenvalue weighted by Gasteiger charge is 2.43. The number of hydrogen-bond donors (Lipinski definition) is 3. The Balaban J connectivity index is 1.46. The molecule has 64 heavy (non-hydrogen) atoms. The minimum Gasteiger partial charge on any atom is -0.388 e. The molecule has 1 aliphatic rings. The number of aromatic nitrogens is 1. The Bertz CT molecular complexity index is 1880. The molecule has 13 nitrogen and oxygen atoms in total. The SMILES string of the molecule is CC[C@H](C)[C@@H]([C@@H](CC(=O)N1CCCC1[C@H](OC)[C@@H](C)C(=O)N[C@@H](Cc1ccccc1)c1nccs1)OC)N(C)C(=O)C(NC(=O)C(C(C)C)N(C)CCc1ccc(NC)cc1)C(C)C. The van der Waals surface area contributed by atoms with Gasteiger partial charge in [-0.15, -0.1) is 11.3 Å². The third kappa shape index (κ3) is 13.8. The fraction of sp³-hybridized carbons (Fsp3) is 0.620. The summed E-state index contributed by atoms with van der Waals surface area (Å²) in [7, 11) is 8.81. The Morgan fingerprint density at radius 3 is 2.14 bits per heavy atom. The average Bonchev–Trinajstić information content (AvgIpc) is 4.01. The number of amides is 4. The highest BCUT2D eigenvalue weighted by Crippen LogP contribution is 2.31. The molecule has 9 atom stereocenters. The number of nitrogens with zero attached hydrogens (tertiary/aromatic N) is 4. The van der Waals surface area contributed by atoms with Crippen LogP contribution in [0.15, 0.2) is 66.2 Å². The van der Waals surface area contributed by atoms with E-state index in [0.717, 1.165) is 35.5 Å². The van der Waals surface area contributed by atoms with Crippen molar-refractivity contribution in [2.24, 2.45) is 23.7 Å². The summed E-state index contributed by atoms with van der Waals surface area (Å²) >= 11 is 1.51. The van der Waals surface area contributed by atoms with Crippen LogP contribution in [0.25, 0.3) is 0 Å². The van der Waals surface area contributed by atoms with Crippen LogP contribution < -0.4 is 16.0 Å². The topological polar surface area (TPSA) is 145 Å². The van der Waals surface area contributed by atoms with Gasteiger partial charge in [0.15, 0.2) is 0 Å². The number of rotatable bonds is 25. The summed E-state index contributed by atoms with van der Waals surface area (Å²) in [6.07, 6.45) is 4.19. The maximum Gasteiger partial charge on any atom is 0.245 e. The number of likely N-dealkylation sites (N-methyl/N-ethyl adjacent to an activating group) is 2. The molecule has 4 amide bonds. The van der Waals surface area contributed by atoms with E-state index in [9.17, 15) is 19.2 Å². The first-order valence-electron chi connectivity index (χ1n) is 23.2. The molecule has 0 radical (unpaired) electrons. The van der Waals surface area contributed by atoms with E-state index < -0.39 is 36.3 Å². The number of likely N-dealkylation sites (tertiary alicyclic amines) is 1. The maximum atomic E-state index is 14.6. The lowest BCUT2D eigenvalue weighted by atomic mass is 9.89. The summed E-state index contributed by atoms with van der Waals surface area (Å²) in [6, 6.07) is 16.0. The number of nitrogens with one attached hydrogen (secondary N) is 3. The van der Waals surface area contributed by atoms with Crippen LogP contribution in [0.5, 0.6) is 0 Å². The summed E-state index contributed by atoms with van der Waals surface area (Å²) in [5, 5.41) is 12.3. The van der Waals surface area contributed by atoms with E-state index in [1.165, 1.54) is 16.9 Å². The Morgan fingerprint density at radius 1 is 0.891 bits per heavy atom. The second-order valence-electron chi connectivity index (χ2n) is 18.3. The third-order valence-electron chi connectivity index (χ3n) is 13.2. The molecule has 1 fully saturated rings. The van der Waals surface area contributed by atoms with E-state index in [-0.39, 0.29) is 59.9 Å². The zero-order chi connectivity index (χ0) is 47.1.